The van der Waals surface area contributed by atoms with E-state index in [4.69, 9.17) is 4.74 Å². The van der Waals surface area contributed by atoms with Gasteiger partial charge >= 0.3 is 0 Å². The maximum atomic E-state index is 12.2. The van der Waals surface area contributed by atoms with Gasteiger partial charge in [-0.25, -0.2) is 0 Å². The number of unbranched alkanes of at least 4 members (excludes halogenated alkanes) is 1. The van der Waals surface area contributed by atoms with E-state index in [1.807, 2.05) is 32.8 Å². The van der Waals surface area contributed by atoms with E-state index in [1.165, 1.54) is 24.8 Å². The molecule has 0 heterocycles. The smallest absolute Gasteiger partial charge is 0.251 e. The Balaban J connectivity index is 1.57. The molecule has 1 aromatic carbocycles. The third-order valence-corrected chi connectivity index (χ3v) is 6.38. The molecule has 137 valence electrons. The van der Waals surface area contributed by atoms with Crippen molar-refractivity contribution >= 4 is 5.91 Å². The summed E-state index contributed by atoms with van der Waals surface area (Å²) in [5.41, 5.74) is 2.58. The monoisotopic (exact) mass is 343 g/mol. The van der Waals surface area contributed by atoms with Crippen LogP contribution in [0.25, 0.3) is 0 Å². The van der Waals surface area contributed by atoms with E-state index in [0.29, 0.717) is 5.41 Å². The minimum absolute atomic E-state index is 0.0146. The second-order valence-electron chi connectivity index (χ2n) is 7.67. The molecule has 3 fully saturated rings. The summed E-state index contributed by atoms with van der Waals surface area (Å²) in [6.07, 6.45) is 8.99. The van der Waals surface area contributed by atoms with Crippen molar-refractivity contribution in [2.45, 2.75) is 62.4 Å². The van der Waals surface area contributed by atoms with Crippen LogP contribution in [0.15, 0.2) is 24.3 Å². The van der Waals surface area contributed by atoms with E-state index < -0.39 is 0 Å². The van der Waals surface area contributed by atoms with Crippen molar-refractivity contribution in [3.8, 4) is 0 Å². The summed E-state index contributed by atoms with van der Waals surface area (Å²) in [6, 6.07) is 8.29. The summed E-state index contributed by atoms with van der Waals surface area (Å²) < 4.78 is 5.80. The largest absolute Gasteiger partial charge is 0.378 e. The number of amides is 1. The lowest BCUT2D eigenvalue weighted by Gasteiger charge is -2.53. The van der Waals surface area contributed by atoms with Gasteiger partial charge in [-0.05, 0) is 88.1 Å². The summed E-state index contributed by atoms with van der Waals surface area (Å²) in [7, 11) is 3.80. The van der Waals surface area contributed by atoms with E-state index in [2.05, 4.69) is 22.8 Å². The molecule has 2 bridgehead atoms. The van der Waals surface area contributed by atoms with E-state index in [0.717, 1.165) is 44.2 Å². The number of carbonyl (C=O) groups excluding carboxylic acids is 1. The van der Waals surface area contributed by atoms with Crippen molar-refractivity contribution in [1.82, 2.24) is 10.6 Å². The molecule has 4 nitrogen and oxygen atoms in total. The number of methoxy groups -OCH3 is 1. The SMILES string of the molecule is CNCCC[CH]NC(=O)c1ccc(C23CCC(OC)(CC2)CC3)cc1. The Morgan fingerprint density at radius 3 is 2.32 bits per heavy atom. The van der Waals surface area contributed by atoms with Crippen LogP contribution in [-0.2, 0) is 10.2 Å². The van der Waals surface area contributed by atoms with Gasteiger partial charge in [0.05, 0.1) is 5.60 Å². The lowest BCUT2D eigenvalue weighted by Crippen LogP contribution is -2.49. The molecule has 3 aliphatic rings. The zero-order valence-electron chi connectivity index (χ0n) is 15.6. The van der Waals surface area contributed by atoms with Crippen LogP contribution in [0, 0.1) is 6.54 Å². The Morgan fingerprint density at radius 1 is 1.12 bits per heavy atom. The number of carbonyl (C=O) groups is 1. The second-order valence-corrected chi connectivity index (χ2v) is 7.67. The van der Waals surface area contributed by atoms with Gasteiger partial charge in [-0.15, -0.1) is 0 Å². The predicted octanol–water partition coefficient (Wildman–Crippen LogP) is 3.57. The molecule has 3 saturated carbocycles. The van der Waals surface area contributed by atoms with Crippen LogP contribution in [0.1, 0.15) is 67.3 Å². The third-order valence-electron chi connectivity index (χ3n) is 6.38. The minimum Gasteiger partial charge on any atom is -0.378 e. The van der Waals surface area contributed by atoms with E-state index >= 15 is 0 Å². The van der Waals surface area contributed by atoms with E-state index in [1.54, 1.807) is 0 Å². The maximum Gasteiger partial charge on any atom is 0.251 e. The van der Waals surface area contributed by atoms with Gasteiger partial charge in [0.15, 0.2) is 0 Å². The first kappa shape index (κ1) is 18.4. The van der Waals surface area contributed by atoms with Crippen molar-refractivity contribution in [3.05, 3.63) is 41.9 Å². The van der Waals surface area contributed by atoms with Crippen LogP contribution < -0.4 is 10.6 Å². The lowest BCUT2D eigenvalue weighted by atomic mass is 9.56. The molecule has 3 aliphatic carbocycles. The Labute approximate surface area is 151 Å². The van der Waals surface area contributed by atoms with E-state index in [-0.39, 0.29) is 11.5 Å². The highest BCUT2D eigenvalue weighted by atomic mass is 16.5. The Morgan fingerprint density at radius 2 is 1.76 bits per heavy atom. The van der Waals surface area contributed by atoms with Gasteiger partial charge in [0.2, 0.25) is 0 Å². The topological polar surface area (TPSA) is 50.4 Å². The van der Waals surface area contributed by atoms with Crippen LogP contribution in [0.5, 0.6) is 0 Å². The molecule has 0 saturated heterocycles. The molecule has 0 atom stereocenters. The Hall–Kier alpha value is -1.39. The summed E-state index contributed by atoms with van der Waals surface area (Å²) >= 11 is 0. The third kappa shape index (κ3) is 3.90. The summed E-state index contributed by atoms with van der Waals surface area (Å²) in [6.45, 7) is 2.83. The first-order valence-electron chi connectivity index (χ1n) is 9.56. The molecule has 4 heteroatoms. The number of benzene rings is 1. The van der Waals surface area contributed by atoms with Crippen LogP contribution in [0.4, 0.5) is 0 Å². The van der Waals surface area contributed by atoms with E-state index in [9.17, 15) is 4.79 Å². The van der Waals surface area contributed by atoms with Gasteiger partial charge in [-0.1, -0.05) is 12.1 Å². The quantitative estimate of drug-likeness (QED) is 0.710. The van der Waals surface area contributed by atoms with Crippen molar-refractivity contribution in [2.75, 3.05) is 20.7 Å². The molecule has 2 N–H and O–H groups in total. The number of nitrogens with one attached hydrogen (secondary N) is 2. The molecule has 0 spiro atoms. The summed E-state index contributed by atoms with van der Waals surface area (Å²) in [5, 5.41) is 6.00. The Bertz CT molecular complexity index is 558. The lowest BCUT2D eigenvalue weighted by molar-refractivity contribution is -0.0955. The summed E-state index contributed by atoms with van der Waals surface area (Å²) in [5.74, 6) is -0.0146. The van der Waals surface area contributed by atoms with Gasteiger partial charge in [-0.3, -0.25) is 4.79 Å². The fraction of sp³-hybridized carbons (Fsp3) is 0.619. The first-order chi connectivity index (χ1) is 12.1. The molecule has 0 aliphatic heterocycles. The van der Waals surface area contributed by atoms with Crippen molar-refractivity contribution in [3.63, 3.8) is 0 Å². The molecule has 1 radical (unpaired) electrons. The summed E-state index contributed by atoms with van der Waals surface area (Å²) in [4.78, 5) is 12.2. The first-order valence-corrected chi connectivity index (χ1v) is 9.56. The average Bonchev–Trinajstić information content (AvgIpc) is 2.69. The molecule has 1 amide bonds. The molecular formula is C21H31N2O2. The maximum absolute atomic E-state index is 12.2. The average molecular weight is 343 g/mol. The van der Waals surface area contributed by atoms with Gasteiger partial charge in [-0.2, -0.15) is 0 Å². The molecule has 25 heavy (non-hydrogen) atoms. The van der Waals surface area contributed by atoms with Gasteiger partial charge in [0.1, 0.15) is 0 Å². The molecule has 0 aromatic heterocycles. The number of hydrogen-bond donors (Lipinski definition) is 2. The van der Waals surface area contributed by atoms with Crippen molar-refractivity contribution < 1.29 is 9.53 Å². The molecule has 1 aromatic rings. The fourth-order valence-corrected chi connectivity index (χ4v) is 4.49. The normalized spacial score (nSPS) is 28.1. The van der Waals surface area contributed by atoms with Crippen molar-refractivity contribution in [1.29, 1.82) is 0 Å². The van der Waals surface area contributed by atoms with Crippen molar-refractivity contribution in [2.24, 2.45) is 0 Å². The predicted molar refractivity (Wildman–Crippen MR) is 100 cm³/mol. The highest BCUT2D eigenvalue weighted by Gasteiger charge is 2.49. The van der Waals surface area contributed by atoms with Crippen LogP contribution in [0.3, 0.4) is 0 Å². The zero-order chi connectivity index (χ0) is 17.8. The zero-order valence-corrected chi connectivity index (χ0v) is 15.6. The Kier molecular flexibility index (Phi) is 5.80. The standard InChI is InChI=1S/C21H31N2O2/c1-22-15-3-4-16-23-19(24)17-5-7-18(8-6-17)20-9-12-21(25-2,13-10-20)14-11-20/h5-8,16,22H,3-4,9-15H2,1-2H3,(H,23,24). The highest BCUT2D eigenvalue weighted by Crippen LogP contribution is 2.54. The molecule has 4 rings (SSSR count). The van der Waals surface area contributed by atoms with Gasteiger partial charge in [0.25, 0.3) is 5.91 Å². The van der Waals surface area contributed by atoms with Crippen LogP contribution in [0.2, 0.25) is 0 Å². The number of hydrogen-bond acceptors (Lipinski definition) is 3. The van der Waals surface area contributed by atoms with Crippen LogP contribution >= 0.6 is 0 Å². The van der Waals surface area contributed by atoms with Crippen LogP contribution in [-0.4, -0.2) is 32.2 Å². The highest BCUT2D eigenvalue weighted by molar-refractivity contribution is 5.94. The molecular weight excluding hydrogens is 312 g/mol. The van der Waals surface area contributed by atoms with Gasteiger partial charge < -0.3 is 15.4 Å². The number of ether oxygens (including phenoxy) is 1. The fourth-order valence-electron chi connectivity index (χ4n) is 4.49. The molecule has 0 unspecified atom stereocenters. The minimum atomic E-state index is -0.0146. The number of fused-ring (bicyclic) bond motifs is 3. The number of rotatable bonds is 8. The van der Waals surface area contributed by atoms with Gasteiger partial charge in [0, 0.05) is 19.2 Å². The second kappa shape index (κ2) is 7.88.